The number of carbonyl (C=O) groups is 3. The van der Waals surface area contributed by atoms with Crippen molar-refractivity contribution < 1.29 is 28.6 Å². The van der Waals surface area contributed by atoms with Crippen LogP contribution in [0, 0.1) is 0 Å². The molecule has 0 radical (unpaired) electrons. The number of benzene rings is 3. The van der Waals surface area contributed by atoms with Gasteiger partial charge in [0, 0.05) is 5.92 Å². The van der Waals surface area contributed by atoms with Crippen LogP contribution in [0.15, 0.2) is 78.9 Å². The second kappa shape index (κ2) is 9.99. The molecular weight excluding hydrogens is 422 g/mol. The van der Waals surface area contributed by atoms with Gasteiger partial charge in [0.15, 0.2) is 0 Å². The molecule has 7 nitrogen and oxygen atoms in total. The molecule has 1 aliphatic rings. The van der Waals surface area contributed by atoms with Crippen LogP contribution in [0.5, 0.6) is 0 Å². The summed E-state index contributed by atoms with van der Waals surface area (Å²) in [5.41, 5.74) is 5.00. The van der Waals surface area contributed by atoms with Crippen LogP contribution in [0.25, 0.3) is 11.1 Å². The number of imide groups is 1. The number of esters is 1. The molecule has 168 valence electrons. The molecule has 33 heavy (non-hydrogen) atoms. The van der Waals surface area contributed by atoms with E-state index in [1.165, 1.54) is 7.11 Å². The topological polar surface area (TPSA) is 82.1 Å². The van der Waals surface area contributed by atoms with Crippen molar-refractivity contribution in [1.82, 2.24) is 4.90 Å². The number of amides is 2. The van der Waals surface area contributed by atoms with Crippen molar-refractivity contribution in [3.8, 4) is 11.1 Å². The van der Waals surface area contributed by atoms with Gasteiger partial charge in [-0.3, -0.25) is 4.79 Å². The monoisotopic (exact) mass is 445 g/mol. The molecule has 2 amide bonds. The minimum absolute atomic E-state index is 0.0104. The van der Waals surface area contributed by atoms with Gasteiger partial charge in [0.25, 0.3) is 0 Å². The van der Waals surface area contributed by atoms with Gasteiger partial charge in [-0.25, -0.2) is 14.5 Å². The van der Waals surface area contributed by atoms with Crippen LogP contribution >= 0.6 is 0 Å². The molecule has 0 N–H and O–H groups in total. The Morgan fingerprint density at radius 1 is 0.758 bits per heavy atom. The minimum Gasteiger partial charge on any atom is -0.468 e. The summed E-state index contributed by atoms with van der Waals surface area (Å²) in [6, 6.07) is 24.9. The summed E-state index contributed by atoms with van der Waals surface area (Å²) in [4.78, 5) is 37.8. The Hall–Kier alpha value is -4.13. The second-order valence-electron chi connectivity index (χ2n) is 7.51. The van der Waals surface area contributed by atoms with Crippen LogP contribution in [0.2, 0.25) is 0 Å². The molecule has 0 atom stereocenters. The number of rotatable bonds is 6. The molecule has 1 aliphatic carbocycles. The Kier molecular flexibility index (Phi) is 6.69. The summed E-state index contributed by atoms with van der Waals surface area (Å²) in [5.74, 6) is -0.943. The first kappa shape index (κ1) is 22.1. The predicted octanol–water partition coefficient (Wildman–Crippen LogP) is 4.75. The molecule has 0 aliphatic heterocycles. The first-order valence-corrected chi connectivity index (χ1v) is 10.5. The van der Waals surface area contributed by atoms with E-state index in [0.717, 1.165) is 27.8 Å². The van der Waals surface area contributed by atoms with E-state index in [1.807, 2.05) is 54.6 Å². The molecule has 3 aromatic carbocycles. The molecule has 0 unspecified atom stereocenters. The highest BCUT2D eigenvalue weighted by molar-refractivity contribution is 5.92. The maximum atomic E-state index is 12.8. The third-order valence-electron chi connectivity index (χ3n) is 5.50. The molecule has 3 aromatic rings. The van der Waals surface area contributed by atoms with Crippen molar-refractivity contribution in [2.24, 2.45) is 0 Å². The van der Waals surface area contributed by atoms with E-state index in [0.29, 0.717) is 4.90 Å². The van der Waals surface area contributed by atoms with E-state index < -0.39 is 24.7 Å². The Morgan fingerprint density at radius 2 is 1.30 bits per heavy atom. The first-order valence-electron chi connectivity index (χ1n) is 10.5. The molecule has 4 rings (SSSR count). The molecule has 0 spiro atoms. The number of hydrogen-bond acceptors (Lipinski definition) is 6. The molecule has 0 aromatic heterocycles. The largest absolute Gasteiger partial charge is 0.468 e. The smallest absolute Gasteiger partial charge is 0.420 e. The lowest BCUT2D eigenvalue weighted by molar-refractivity contribution is -0.141. The summed E-state index contributed by atoms with van der Waals surface area (Å²) in [6.45, 7) is -0.648. The fourth-order valence-corrected chi connectivity index (χ4v) is 3.87. The second-order valence-corrected chi connectivity index (χ2v) is 7.51. The minimum atomic E-state index is -0.985. The third-order valence-corrected chi connectivity index (χ3v) is 5.50. The van der Waals surface area contributed by atoms with E-state index in [9.17, 15) is 14.4 Å². The lowest BCUT2D eigenvalue weighted by atomic mass is 9.98. The fourth-order valence-electron chi connectivity index (χ4n) is 3.87. The van der Waals surface area contributed by atoms with Crippen LogP contribution in [-0.4, -0.2) is 43.3 Å². The molecule has 0 saturated heterocycles. The van der Waals surface area contributed by atoms with Crippen molar-refractivity contribution in [1.29, 1.82) is 0 Å². The maximum Gasteiger partial charge on any atom is 0.420 e. The lowest BCUT2D eigenvalue weighted by Gasteiger charge is -2.21. The van der Waals surface area contributed by atoms with Crippen LogP contribution in [0.4, 0.5) is 9.59 Å². The van der Waals surface area contributed by atoms with Gasteiger partial charge in [-0.05, 0) is 27.8 Å². The standard InChI is InChI=1S/C26H23NO6/c1-31-24(28)15-27(25(29)32-16-18-9-3-2-4-10-18)26(30)33-17-23-21-13-7-5-11-19(21)20-12-6-8-14-22(20)23/h2-14,23H,15-17H2,1H3. The van der Waals surface area contributed by atoms with Gasteiger partial charge < -0.3 is 14.2 Å². The zero-order chi connectivity index (χ0) is 23.2. The number of fused-ring (bicyclic) bond motifs is 3. The van der Waals surface area contributed by atoms with Gasteiger partial charge in [0.2, 0.25) is 0 Å². The van der Waals surface area contributed by atoms with Crippen molar-refractivity contribution in [3.63, 3.8) is 0 Å². The number of nitrogens with zero attached hydrogens (tertiary/aromatic N) is 1. The molecule has 0 heterocycles. The van der Waals surface area contributed by atoms with Gasteiger partial charge in [-0.2, -0.15) is 0 Å². The highest BCUT2D eigenvalue weighted by Crippen LogP contribution is 2.44. The van der Waals surface area contributed by atoms with Crippen molar-refractivity contribution in [2.45, 2.75) is 12.5 Å². The summed E-state index contributed by atoms with van der Waals surface area (Å²) in [6.07, 6.45) is -1.96. The molecule has 7 heteroatoms. The van der Waals surface area contributed by atoms with Crippen LogP contribution in [0.1, 0.15) is 22.6 Å². The first-order chi connectivity index (χ1) is 16.1. The average Bonchev–Trinajstić information content (AvgIpc) is 3.18. The summed E-state index contributed by atoms with van der Waals surface area (Å²) in [5, 5.41) is 0. The van der Waals surface area contributed by atoms with E-state index >= 15 is 0 Å². The highest BCUT2D eigenvalue weighted by atomic mass is 16.6. The maximum absolute atomic E-state index is 12.8. The van der Waals surface area contributed by atoms with E-state index in [1.54, 1.807) is 24.3 Å². The van der Waals surface area contributed by atoms with Gasteiger partial charge in [0.05, 0.1) is 7.11 Å². The predicted molar refractivity (Wildman–Crippen MR) is 120 cm³/mol. The van der Waals surface area contributed by atoms with Crippen LogP contribution in [-0.2, 0) is 25.6 Å². The van der Waals surface area contributed by atoms with Crippen molar-refractivity contribution in [2.75, 3.05) is 20.3 Å². The number of carbonyl (C=O) groups excluding carboxylic acids is 3. The zero-order valence-electron chi connectivity index (χ0n) is 18.1. The van der Waals surface area contributed by atoms with Crippen LogP contribution < -0.4 is 0 Å². The highest BCUT2D eigenvalue weighted by Gasteiger charge is 2.32. The third kappa shape index (κ3) is 4.87. The Morgan fingerprint density at radius 3 is 1.91 bits per heavy atom. The fraction of sp³-hybridized carbons (Fsp3) is 0.192. The molecule has 0 fully saturated rings. The normalized spacial score (nSPS) is 11.8. The van der Waals surface area contributed by atoms with E-state index in [2.05, 4.69) is 4.74 Å². The molecular formula is C26H23NO6. The van der Waals surface area contributed by atoms with Crippen molar-refractivity contribution >= 4 is 18.2 Å². The molecule has 0 saturated carbocycles. The van der Waals surface area contributed by atoms with E-state index in [4.69, 9.17) is 9.47 Å². The lowest BCUT2D eigenvalue weighted by Crippen LogP contribution is -2.42. The van der Waals surface area contributed by atoms with Gasteiger partial charge in [-0.15, -0.1) is 0 Å². The summed E-state index contributed by atoms with van der Waals surface area (Å²) in [7, 11) is 1.17. The SMILES string of the molecule is COC(=O)CN(C(=O)OCc1ccccc1)C(=O)OCC1c2ccccc2-c2ccccc21. The summed E-state index contributed by atoms with van der Waals surface area (Å²) >= 11 is 0. The number of ether oxygens (including phenoxy) is 3. The Labute approximate surface area is 191 Å². The van der Waals surface area contributed by atoms with Gasteiger partial charge >= 0.3 is 18.2 Å². The Balaban J connectivity index is 1.47. The molecule has 0 bridgehead atoms. The Bertz CT molecular complexity index is 1110. The number of hydrogen-bond donors (Lipinski definition) is 0. The van der Waals surface area contributed by atoms with E-state index in [-0.39, 0.29) is 19.1 Å². The summed E-state index contributed by atoms with van der Waals surface area (Å²) < 4.78 is 15.3. The zero-order valence-corrected chi connectivity index (χ0v) is 18.1. The van der Waals surface area contributed by atoms with Crippen molar-refractivity contribution in [3.05, 3.63) is 95.6 Å². The number of methoxy groups -OCH3 is 1. The average molecular weight is 445 g/mol. The van der Waals surface area contributed by atoms with Crippen LogP contribution in [0.3, 0.4) is 0 Å². The quantitative estimate of drug-likeness (QED) is 0.402. The van der Waals surface area contributed by atoms with Gasteiger partial charge in [0.1, 0.15) is 19.8 Å². The van der Waals surface area contributed by atoms with Gasteiger partial charge in [-0.1, -0.05) is 78.9 Å².